The van der Waals surface area contributed by atoms with Gasteiger partial charge in [0.15, 0.2) is 5.11 Å². The Morgan fingerprint density at radius 2 is 2.00 bits per heavy atom. The Kier molecular flexibility index (Phi) is 3.82. The van der Waals surface area contributed by atoms with Gasteiger partial charge in [-0.3, -0.25) is 14.9 Å². The minimum atomic E-state index is -0.648. The van der Waals surface area contributed by atoms with Gasteiger partial charge in [-0.1, -0.05) is 12.1 Å². The number of amides is 2. The Morgan fingerprint density at radius 1 is 1.23 bits per heavy atom. The molecule has 2 amide bonds. The fourth-order valence-electron chi connectivity index (χ4n) is 2.03. The molecule has 110 valence electrons. The third kappa shape index (κ3) is 2.56. The molecule has 1 aromatic carbocycles. The SMILES string of the molecule is O=C1NC(=S)N(c2ccccc2F)C(=O)C1=Cc1ccsc1. The van der Waals surface area contributed by atoms with Crippen molar-refractivity contribution in [3.05, 3.63) is 58.0 Å². The van der Waals surface area contributed by atoms with E-state index in [0.29, 0.717) is 0 Å². The zero-order valence-corrected chi connectivity index (χ0v) is 12.7. The summed E-state index contributed by atoms with van der Waals surface area (Å²) in [6, 6.07) is 7.53. The Balaban J connectivity index is 2.05. The summed E-state index contributed by atoms with van der Waals surface area (Å²) in [4.78, 5) is 25.6. The Bertz CT molecular complexity index is 800. The summed E-state index contributed by atoms with van der Waals surface area (Å²) < 4.78 is 13.9. The number of anilines is 1. The van der Waals surface area contributed by atoms with E-state index in [2.05, 4.69) is 5.32 Å². The van der Waals surface area contributed by atoms with E-state index < -0.39 is 17.6 Å². The van der Waals surface area contributed by atoms with Gasteiger partial charge in [0.25, 0.3) is 11.8 Å². The minimum absolute atomic E-state index is 0.00807. The van der Waals surface area contributed by atoms with E-state index in [4.69, 9.17) is 12.2 Å². The monoisotopic (exact) mass is 332 g/mol. The summed E-state index contributed by atoms with van der Waals surface area (Å²) in [5.41, 5.74) is 0.647. The summed E-state index contributed by atoms with van der Waals surface area (Å²) in [5.74, 6) is -1.83. The van der Waals surface area contributed by atoms with Crippen molar-refractivity contribution < 1.29 is 14.0 Å². The van der Waals surface area contributed by atoms with Crippen LogP contribution >= 0.6 is 23.6 Å². The topological polar surface area (TPSA) is 49.4 Å². The highest BCUT2D eigenvalue weighted by Crippen LogP contribution is 2.24. The van der Waals surface area contributed by atoms with Gasteiger partial charge in [-0.05, 0) is 52.8 Å². The van der Waals surface area contributed by atoms with Crippen LogP contribution in [0.3, 0.4) is 0 Å². The van der Waals surface area contributed by atoms with Crippen LogP contribution in [0.4, 0.5) is 10.1 Å². The summed E-state index contributed by atoms with van der Waals surface area (Å²) in [6.07, 6.45) is 1.46. The van der Waals surface area contributed by atoms with Crippen LogP contribution in [0.15, 0.2) is 46.7 Å². The lowest BCUT2D eigenvalue weighted by Crippen LogP contribution is -2.54. The molecule has 0 radical (unpaired) electrons. The number of thiophene rings is 1. The fourth-order valence-corrected chi connectivity index (χ4v) is 2.93. The summed E-state index contributed by atoms with van der Waals surface area (Å²) in [6.45, 7) is 0. The molecule has 1 saturated heterocycles. The zero-order chi connectivity index (χ0) is 15.7. The molecular weight excluding hydrogens is 323 g/mol. The lowest BCUT2D eigenvalue weighted by Gasteiger charge is -2.29. The van der Waals surface area contributed by atoms with Crippen LogP contribution in [0, 0.1) is 5.82 Å². The van der Waals surface area contributed by atoms with Crippen molar-refractivity contribution in [3.8, 4) is 0 Å². The highest BCUT2D eigenvalue weighted by Gasteiger charge is 2.35. The molecule has 0 saturated carbocycles. The number of halogens is 1. The van der Waals surface area contributed by atoms with E-state index in [0.717, 1.165) is 10.5 Å². The van der Waals surface area contributed by atoms with Gasteiger partial charge in [-0.2, -0.15) is 11.3 Å². The van der Waals surface area contributed by atoms with Gasteiger partial charge in [-0.25, -0.2) is 9.29 Å². The number of hydrogen-bond donors (Lipinski definition) is 1. The third-order valence-electron chi connectivity index (χ3n) is 3.05. The molecule has 0 bridgehead atoms. The molecular formula is C15H9FN2O2S2. The number of para-hydroxylation sites is 1. The quantitative estimate of drug-likeness (QED) is 0.523. The van der Waals surface area contributed by atoms with Crippen LogP contribution in [0.5, 0.6) is 0 Å². The maximum Gasteiger partial charge on any atom is 0.270 e. The Labute approximate surface area is 134 Å². The van der Waals surface area contributed by atoms with Gasteiger partial charge in [0, 0.05) is 0 Å². The average Bonchev–Trinajstić information content (AvgIpc) is 2.98. The molecule has 3 rings (SSSR count). The van der Waals surface area contributed by atoms with Crippen molar-refractivity contribution >= 4 is 52.2 Å². The van der Waals surface area contributed by atoms with E-state index >= 15 is 0 Å². The molecule has 1 fully saturated rings. The Hall–Kier alpha value is -2.38. The first-order valence-electron chi connectivity index (χ1n) is 6.26. The summed E-state index contributed by atoms with van der Waals surface area (Å²) in [7, 11) is 0. The smallest absolute Gasteiger partial charge is 0.270 e. The van der Waals surface area contributed by atoms with Crippen LogP contribution in [-0.2, 0) is 9.59 Å². The molecule has 1 aliphatic rings. The number of carbonyl (C=O) groups excluding carboxylic acids is 2. The standard InChI is InChI=1S/C15H9FN2O2S2/c16-11-3-1-2-4-12(11)18-14(20)10(13(19)17-15(18)21)7-9-5-6-22-8-9/h1-8H,(H,17,19,21). The second-order valence-electron chi connectivity index (χ2n) is 4.47. The molecule has 4 nitrogen and oxygen atoms in total. The number of hydrogen-bond acceptors (Lipinski definition) is 4. The van der Waals surface area contributed by atoms with Crippen molar-refractivity contribution in [2.45, 2.75) is 0 Å². The van der Waals surface area contributed by atoms with Crippen molar-refractivity contribution in [1.82, 2.24) is 5.32 Å². The van der Waals surface area contributed by atoms with Gasteiger partial charge in [0.2, 0.25) is 0 Å². The van der Waals surface area contributed by atoms with Gasteiger partial charge in [0.1, 0.15) is 11.4 Å². The van der Waals surface area contributed by atoms with Crippen molar-refractivity contribution in [2.24, 2.45) is 0 Å². The Morgan fingerprint density at radius 3 is 2.68 bits per heavy atom. The second kappa shape index (κ2) is 5.78. The largest absolute Gasteiger partial charge is 0.298 e. The van der Waals surface area contributed by atoms with E-state index in [-0.39, 0.29) is 16.4 Å². The van der Waals surface area contributed by atoms with E-state index in [9.17, 15) is 14.0 Å². The molecule has 1 N–H and O–H groups in total. The molecule has 2 heterocycles. The summed E-state index contributed by atoms with van der Waals surface area (Å²) >= 11 is 6.45. The van der Waals surface area contributed by atoms with Crippen molar-refractivity contribution in [2.75, 3.05) is 4.90 Å². The zero-order valence-electron chi connectivity index (χ0n) is 11.1. The van der Waals surface area contributed by atoms with Crippen LogP contribution in [0.25, 0.3) is 6.08 Å². The maximum absolute atomic E-state index is 13.9. The first kappa shape index (κ1) is 14.6. The third-order valence-corrected chi connectivity index (χ3v) is 4.04. The van der Waals surface area contributed by atoms with Crippen LogP contribution < -0.4 is 10.2 Å². The maximum atomic E-state index is 13.9. The number of nitrogens with one attached hydrogen (secondary N) is 1. The highest BCUT2D eigenvalue weighted by atomic mass is 32.1. The van der Waals surface area contributed by atoms with Crippen LogP contribution in [0.2, 0.25) is 0 Å². The fraction of sp³-hybridized carbons (Fsp3) is 0. The van der Waals surface area contributed by atoms with E-state index in [1.807, 2.05) is 5.38 Å². The van der Waals surface area contributed by atoms with Crippen molar-refractivity contribution in [1.29, 1.82) is 0 Å². The van der Waals surface area contributed by atoms with Gasteiger partial charge in [0.05, 0.1) is 5.69 Å². The first-order chi connectivity index (χ1) is 10.6. The molecule has 1 aromatic heterocycles. The number of thiocarbonyl (C=S) groups is 1. The van der Waals surface area contributed by atoms with Crippen LogP contribution in [0.1, 0.15) is 5.56 Å². The highest BCUT2D eigenvalue weighted by molar-refractivity contribution is 7.80. The molecule has 7 heteroatoms. The van der Waals surface area contributed by atoms with Gasteiger partial charge in [-0.15, -0.1) is 0 Å². The lowest BCUT2D eigenvalue weighted by molar-refractivity contribution is -0.122. The predicted octanol–water partition coefficient (Wildman–Crippen LogP) is 2.72. The number of carbonyl (C=O) groups is 2. The van der Waals surface area contributed by atoms with Crippen LogP contribution in [-0.4, -0.2) is 16.9 Å². The molecule has 0 spiro atoms. The minimum Gasteiger partial charge on any atom is -0.298 e. The number of benzene rings is 1. The number of nitrogens with zero attached hydrogens (tertiary/aromatic N) is 1. The molecule has 1 aliphatic heterocycles. The van der Waals surface area contributed by atoms with E-state index in [1.165, 1.54) is 35.6 Å². The predicted molar refractivity (Wildman–Crippen MR) is 86.9 cm³/mol. The summed E-state index contributed by atoms with van der Waals surface area (Å²) in [5, 5.41) is 5.91. The average molecular weight is 332 g/mol. The molecule has 0 unspecified atom stereocenters. The first-order valence-corrected chi connectivity index (χ1v) is 7.61. The van der Waals surface area contributed by atoms with Gasteiger partial charge < -0.3 is 0 Å². The lowest BCUT2D eigenvalue weighted by atomic mass is 10.1. The molecule has 22 heavy (non-hydrogen) atoms. The normalized spacial score (nSPS) is 17.0. The van der Waals surface area contributed by atoms with Gasteiger partial charge >= 0.3 is 0 Å². The molecule has 0 aliphatic carbocycles. The van der Waals surface area contributed by atoms with E-state index in [1.54, 1.807) is 17.5 Å². The number of rotatable bonds is 2. The molecule has 0 atom stereocenters. The second-order valence-corrected chi connectivity index (χ2v) is 5.63. The van der Waals surface area contributed by atoms with Crippen molar-refractivity contribution in [3.63, 3.8) is 0 Å². The molecule has 2 aromatic rings.